The van der Waals surface area contributed by atoms with E-state index in [1.54, 1.807) is 34.5 Å². The van der Waals surface area contributed by atoms with Crippen LogP contribution in [0.15, 0.2) is 57.2 Å². The molecule has 0 bridgehead atoms. The van der Waals surface area contributed by atoms with Gasteiger partial charge in [0.2, 0.25) is 5.91 Å². The van der Waals surface area contributed by atoms with E-state index in [1.807, 2.05) is 18.2 Å². The van der Waals surface area contributed by atoms with Gasteiger partial charge in [0.05, 0.1) is 5.69 Å². The van der Waals surface area contributed by atoms with Crippen LogP contribution in [0.3, 0.4) is 0 Å². The molecule has 1 aromatic carbocycles. The molecule has 30 heavy (non-hydrogen) atoms. The van der Waals surface area contributed by atoms with Gasteiger partial charge in [-0.15, -0.1) is 11.3 Å². The summed E-state index contributed by atoms with van der Waals surface area (Å²) in [5.41, 5.74) is 6.45. The average molecular weight is 448 g/mol. The van der Waals surface area contributed by atoms with Crippen molar-refractivity contribution in [3.05, 3.63) is 47.8 Å². The Hall–Kier alpha value is -2.76. The SMILES string of the molecule is NC(=O)C1CC(C(=O)N2CCN(S(=O)(=O)c3cccs3)CC2)=NN1c1ccccc1. The third kappa shape index (κ3) is 3.83. The molecule has 2 N–H and O–H groups in total. The van der Waals surface area contributed by atoms with Crippen LogP contribution in [0.25, 0.3) is 0 Å². The maximum atomic E-state index is 13.0. The minimum atomic E-state index is -3.54. The lowest BCUT2D eigenvalue weighted by molar-refractivity contribution is -0.125. The number of hydrogen-bond donors (Lipinski definition) is 1. The van der Waals surface area contributed by atoms with Crippen LogP contribution in [0.4, 0.5) is 5.69 Å². The van der Waals surface area contributed by atoms with Crippen LogP contribution >= 0.6 is 11.3 Å². The van der Waals surface area contributed by atoms with Gasteiger partial charge in [0.25, 0.3) is 15.9 Å². The van der Waals surface area contributed by atoms with Gasteiger partial charge in [0, 0.05) is 32.6 Å². The molecule has 9 nitrogen and oxygen atoms in total. The highest BCUT2D eigenvalue weighted by molar-refractivity contribution is 7.91. The summed E-state index contributed by atoms with van der Waals surface area (Å²) >= 11 is 1.17. The van der Waals surface area contributed by atoms with Crippen molar-refractivity contribution in [2.45, 2.75) is 16.7 Å². The van der Waals surface area contributed by atoms with Gasteiger partial charge < -0.3 is 10.6 Å². The first-order valence-corrected chi connectivity index (χ1v) is 11.7. The van der Waals surface area contributed by atoms with Crippen molar-refractivity contribution in [2.75, 3.05) is 31.2 Å². The molecule has 158 valence electrons. The highest BCUT2D eigenvalue weighted by atomic mass is 32.2. The Labute approximate surface area is 178 Å². The summed E-state index contributed by atoms with van der Waals surface area (Å²) in [4.78, 5) is 26.5. The van der Waals surface area contributed by atoms with Crippen molar-refractivity contribution >= 4 is 44.6 Å². The van der Waals surface area contributed by atoms with Crippen LogP contribution in [0.1, 0.15) is 6.42 Å². The van der Waals surface area contributed by atoms with Crippen LogP contribution in [0, 0.1) is 0 Å². The monoisotopic (exact) mass is 447 g/mol. The number of benzene rings is 1. The molecule has 0 saturated carbocycles. The van der Waals surface area contributed by atoms with Crippen molar-refractivity contribution in [1.29, 1.82) is 0 Å². The third-order valence-corrected chi connectivity index (χ3v) is 8.39. The lowest BCUT2D eigenvalue weighted by atomic mass is 10.1. The first kappa shape index (κ1) is 20.5. The topological polar surface area (TPSA) is 116 Å². The number of anilines is 1. The Balaban J connectivity index is 1.46. The molecule has 2 aliphatic rings. The summed E-state index contributed by atoms with van der Waals surface area (Å²) in [7, 11) is -3.54. The lowest BCUT2D eigenvalue weighted by Crippen LogP contribution is -2.52. The van der Waals surface area contributed by atoms with E-state index < -0.39 is 22.0 Å². The molecule has 11 heteroatoms. The average Bonchev–Trinajstić information content (AvgIpc) is 3.45. The Kier molecular flexibility index (Phi) is 5.58. The Morgan fingerprint density at radius 1 is 1.03 bits per heavy atom. The molecule has 1 saturated heterocycles. The Morgan fingerprint density at radius 2 is 1.73 bits per heavy atom. The smallest absolute Gasteiger partial charge is 0.270 e. The van der Waals surface area contributed by atoms with Gasteiger partial charge in [-0.1, -0.05) is 24.3 Å². The molecule has 1 atom stereocenters. The number of amides is 2. The molecule has 4 rings (SSSR count). The van der Waals surface area contributed by atoms with E-state index in [0.29, 0.717) is 9.90 Å². The normalized spacial score (nSPS) is 20.3. The molecule has 0 spiro atoms. The van der Waals surface area contributed by atoms with Crippen molar-refractivity contribution < 1.29 is 18.0 Å². The Morgan fingerprint density at radius 3 is 2.33 bits per heavy atom. The zero-order chi connectivity index (χ0) is 21.3. The van der Waals surface area contributed by atoms with Crippen molar-refractivity contribution in [3.8, 4) is 0 Å². The summed E-state index contributed by atoms with van der Waals surface area (Å²) in [6.07, 6.45) is 0.122. The first-order chi connectivity index (χ1) is 14.4. The molecule has 3 heterocycles. The van der Waals surface area contributed by atoms with Gasteiger partial charge in [-0.2, -0.15) is 9.41 Å². The zero-order valence-corrected chi connectivity index (χ0v) is 17.7. The minimum absolute atomic E-state index is 0.122. The summed E-state index contributed by atoms with van der Waals surface area (Å²) in [5.74, 6) is -0.856. The number of nitrogens with zero attached hydrogens (tertiary/aromatic N) is 4. The largest absolute Gasteiger partial charge is 0.368 e. The number of carbonyl (C=O) groups is 2. The second kappa shape index (κ2) is 8.17. The van der Waals surface area contributed by atoms with E-state index in [2.05, 4.69) is 5.10 Å². The van der Waals surface area contributed by atoms with Gasteiger partial charge in [0.15, 0.2) is 0 Å². The predicted octanol–water partition coefficient (Wildman–Crippen LogP) is 0.701. The maximum absolute atomic E-state index is 13.0. The molecule has 0 aliphatic carbocycles. The van der Waals surface area contributed by atoms with E-state index in [9.17, 15) is 18.0 Å². The standard InChI is InChI=1S/C19H21N5O4S2/c20-18(25)16-13-15(21-24(16)14-5-2-1-3-6-14)19(26)22-8-10-23(11-9-22)30(27,28)17-7-4-12-29-17/h1-7,12,16H,8-11,13H2,(H2,20,25). The van der Waals surface area contributed by atoms with Crippen LogP contribution in [-0.2, 0) is 19.6 Å². The van der Waals surface area contributed by atoms with E-state index >= 15 is 0 Å². The molecule has 1 fully saturated rings. The van der Waals surface area contributed by atoms with E-state index in [0.717, 1.165) is 0 Å². The van der Waals surface area contributed by atoms with E-state index in [1.165, 1.54) is 20.7 Å². The maximum Gasteiger partial charge on any atom is 0.270 e. The lowest BCUT2D eigenvalue weighted by Gasteiger charge is -2.33. The van der Waals surface area contributed by atoms with Crippen molar-refractivity contribution in [1.82, 2.24) is 9.21 Å². The van der Waals surface area contributed by atoms with Gasteiger partial charge in [-0.05, 0) is 23.6 Å². The first-order valence-electron chi connectivity index (χ1n) is 9.42. The molecule has 2 amide bonds. The quantitative estimate of drug-likeness (QED) is 0.724. The fourth-order valence-corrected chi connectivity index (χ4v) is 6.10. The number of para-hydroxylation sites is 1. The van der Waals surface area contributed by atoms with Crippen LogP contribution in [0.5, 0.6) is 0 Å². The number of nitrogens with two attached hydrogens (primary N) is 1. The van der Waals surface area contributed by atoms with Crippen LogP contribution in [0.2, 0.25) is 0 Å². The van der Waals surface area contributed by atoms with Crippen molar-refractivity contribution in [2.24, 2.45) is 10.8 Å². The molecule has 2 aromatic rings. The number of hydrogen-bond acceptors (Lipinski definition) is 7. The van der Waals surface area contributed by atoms with Gasteiger partial charge in [-0.25, -0.2) is 8.42 Å². The summed E-state index contributed by atoms with van der Waals surface area (Å²) < 4.78 is 27.0. The molecular weight excluding hydrogens is 426 g/mol. The molecule has 0 radical (unpaired) electrons. The highest BCUT2D eigenvalue weighted by Crippen LogP contribution is 2.26. The number of carbonyl (C=O) groups excluding carboxylic acids is 2. The minimum Gasteiger partial charge on any atom is -0.368 e. The molecule has 1 unspecified atom stereocenters. The highest BCUT2D eigenvalue weighted by Gasteiger charge is 2.38. The second-order valence-electron chi connectivity index (χ2n) is 6.98. The van der Waals surface area contributed by atoms with Gasteiger partial charge in [-0.3, -0.25) is 14.6 Å². The van der Waals surface area contributed by atoms with Crippen LogP contribution in [-0.4, -0.2) is 67.4 Å². The molecule has 2 aliphatic heterocycles. The van der Waals surface area contributed by atoms with Gasteiger partial charge >= 0.3 is 0 Å². The summed E-state index contributed by atoms with van der Waals surface area (Å²) in [5, 5.41) is 7.57. The number of rotatable bonds is 5. The number of sulfonamides is 1. The van der Waals surface area contributed by atoms with Crippen LogP contribution < -0.4 is 10.7 Å². The summed E-state index contributed by atoms with van der Waals surface area (Å²) in [6, 6.07) is 11.6. The Bertz CT molecular complexity index is 1060. The van der Waals surface area contributed by atoms with Crippen molar-refractivity contribution in [3.63, 3.8) is 0 Å². The van der Waals surface area contributed by atoms with E-state index in [-0.39, 0.29) is 44.2 Å². The molecular formula is C19H21N5O4S2. The zero-order valence-electron chi connectivity index (χ0n) is 16.0. The fraction of sp³-hybridized carbons (Fsp3) is 0.316. The number of hydrazone groups is 1. The van der Waals surface area contributed by atoms with E-state index in [4.69, 9.17) is 5.73 Å². The number of thiophene rings is 1. The second-order valence-corrected chi connectivity index (χ2v) is 10.1. The number of piperazine rings is 1. The fourth-order valence-electron chi connectivity index (χ4n) is 3.53. The van der Waals surface area contributed by atoms with Gasteiger partial charge in [0.1, 0.15) is 16.0 Å². The molecule has 1 aromatic heterocycles. The summed E-state index contributed by atoms with van der Waals surface area (Å²) in [6.45, 7) is 0.936. The third-order valence-electron chi connectivity index (χ3n) is 5.12. The number of primary amides is 1. The predicted molar refractivity (Wildman–Crippen MR) is 114 cm³/mol.